The van der Waals surface area contributed by atoms with Gasteiger partial charge in [0, 0.05) is 0 Å². The fourth-order valence-corrected chi connectivity index (χ4v) is 0. The van der Waals surface area contributed by atoms with Crippen LogP contribution in [-0.4, -0.2) is 0 Å². The molecular weight excluding hydrogens is 302 g/mol. The Morgan fingerprint density at radius 3 is 1.67 bits per heavy atom. The van der Waals surface area contributed by atoms with E-state index in [1.807, 2.05) is 0 Å². The molecule has 0 radical (unpaired) electrons. The summed E-state index contributed by atoms with van der Waals surface area (Å²) in [5.74, 6) is 0. The maximum Gasteiger partial charge on any atom is -0.167 e. The van der Waals surface area contributed by atoms with Crippen molar-refractivity contribution in [2.75, 3.05) is 0 Å². The molecule has 0 N–H and O–H groups in total. The predicted octanol–water partition coefficient (Wildman–Crippen LogP) is 2.57. The van der Waals surface area contributed by atoms with Crippen LogP contribution in [0.25, 0.3) is 0 Å². The van der Waals surface area contributed by atoms with Gasteiger partial charge in [-0.2, -0.15) is 20.9 Å². The molecule has 0 aliphatic rings. The first-order valence-electron chi connectivity index (χ1n) is 1.08. The average molecular weight is 306 g/mol. The first-order valence-corrected chi connectivity index (χ1v) is 5.55. The van der Waals surface area contributed by atoms with Crippen LogP contribution in [0.4, 0.5) is 0 Å². The van der Waals surface area contributed by atoms with E-state index in [0.29, 0.717) is 0 Å². The second-order valence-corrected chi connectivity index (χ2v) is 0.890. The van der Waals surface area contributed by atoms with E-state index in [1.165, 1.54) is 0 Å². The molecule has 0 aromatic heterocycles. The van der Waals surface area contributed by atoms with Crippen LogP contribution < -0.4 is 0 Å². The van der Waals surface area contributed by atoms with Gasteiger partial charge in [-0.1, -0.05) is 0 Å². The molecule has 0 fully saturated rings. The topological polar surface area (TPSA) is 0 Å². The van der Waals surface area contributed by atoms with E-state index in [9.17, 15) is 0 Å². The fraction of sp³-hybridized carbons (Fsp3) is 0. The molecule has 0 bridgehead atoms. The molecule has 0 nitrogen and oxygen atoms in total. The van der Waals surface area contributed by atoms with Crippen LogP contribution in [0.5, 0.6) is 0 Å². The zero-order valence-corrected chi connectivity index (χ0v) is 7.66. The van der Waals surface area contributed by atoms with Gasteiger partial charge in [0.15, 0.2) is 0 Å². The SMILES string of the molecule is [Br][Pd+].[CH2-]C=CBr. The van der Waals surface area contributed by atoms with Crippen molar-refractivity contribution in [3.63, 3.8) is 0 Å². The zero-order valence-electron chi connectivity index (χ0n) is 2.93. The van der Waals surface area contributed by atoms with Crippen molar-refractivity contribution >= 4 is 29.4 Å². The summed E-state index contributed by atoms with van der Waals surface area (Å²) < 4.78 is 0. The molecule has 3 heteroatoms. The van der Waals surface area contributed by atoms with Crippen molar-refractivity contribution in [1.29, 1.82) is 0 Å². The summed E-state index contributed by atoms with van der Waals surface area (Å²) in [6, 6.07) is 0. The van der Waals surface area contributed by atoms with E-state index in [-0.39, 0.29) is 0 Å². The molecule has 0 rings (SSSR count). The minimum atomic E-state index is 1.67. The molecule has 0 spiro atoms. The van der Waals surface area contributed by atoms with E-state index in [2.05, 4.69) is 53.5 Å². The first kappa shape index (κ1) is 10.3. The minimum Gasteiger partial charge on any atom is -0.244 e. The molecule has 0 aromatic rings. The van der Waals surface area contributed by atoms with Crippen LogP contribution in [-0.2, 0) is 17.2 Å². The van der Waals surface area contributed by atoms with E-state index >= 15 is 0 Å². The molecule has 0 aliphatic carbocycles. The number of halogens is 2. The Morgan fingerprint density at radius 1 is 1.50 bits per heavy atom. The molecule has 0 saturated carbocycles. The molecule has 6 heavy (non-hydrogen) atoms. The summed E-state index contributed by atoms with van der Waals surface area (Å²) in [5, 5.41) is 0. The van der Waals surface area contributed by atoms with Gasteiger partial charge in [0.2, 0.25) is 0 Å². The van der Waals surface area contributed by atoms with Gasteiger partial charge in [0.05, 0.1) is 0 Å². The van der Waals surface area contributed by atoms with Crippen molar-refractivity contribution in [3.8, 4) is 0 Å². The van der Waals surface area contributed by atoms with Crippen LogP contribution in [0.2, 0.25) is 0 Å². The molecule has 0 saturated heterocycles. The first-order chi connectivity index (χ1) is 2.91. The maximum atomic E-state index is 3.38. The zero-order chi connectivity index (χ0) is 5.41. The number of allylic oxidation sites excluding steroid dienone is 1. The predicted molar refractivity (Wildman–Crippen MR) is 32.4 cm³/mol. The molecule has 0 amide bonds. The van der Waals surface area contributed by atoms with Crippen LogP contribution in [0.1, 0.15) is 0 Å². The summed E-state index contributed by atoms with van der Waals surface area (Å²) in [6.45, 7) is 3.38. The van der Waals surface area contributed by atoms with Crippen LogP contribution in [0.15, 0.2) is 11.1 Å². The fourth-order valence-electron chi connectivity index (χ4n) is 0. The van der Waals surface area contributed by atoms with Crippen molar-refractivity contribution in [2.24, 2.45) is 0 Å². The van der Waals surface area contributed by atoms with Crippen LogP contribution in [0.3, 0.4) is 0 Å². The van der Waals surface area contributed by atoms with Crippen LogP contribution >= 0.6 is 29.4 Å². The maximum absolute atomic E-state index is 3.38. The Kier molecular flexibility index (Phi) is 27.9. The van der Waals surface area contributed by atoms with Gasteiger partial charge < -0.3 is 0 Å². The normalized spacial score (nSPS) is 7.33. The van der Waals surface area contributed by atoms with E-state index in [4.69, 9.17) is 0 Å². The molecule has 0 aliphatic heterocycles. The summed E-state index contributed by atoms with van der Waals surface area (Å²) >= 11 is 8.36. The van der Waals surface area contributed by atoms with E-state index in [0.717, 1.165) is 0 Å². The Balaban J connectivity index is 0. The third-order valence-corrected chi connectivity index (χ3v) is 0.463. The average Bonchev–Trinajstić information content (AvgIpc) is 1.72. The van der Waals surface area contributed by atoms with E-state index < -0.39 is 0 Å². The summed E-state index contributed by atoms with van der Waals surface area (Å²) in [4.78, 5) is 1.70. The van der Waals surface area contributed by atoms with Gasteiger partial charge in [-0.3, -0.25) is 0 Å². The van der Waals surface area contributed by atoms with Crippen LogP contribution in [0, 0.1) is 6.92 Å². The molecule has 0 atom stereocenters. The van der Waals surface area contributed by atoms with Gasteiger partial charge in [-0.05, 0) is 0 Å². The van der Waals surface area contributed by atoms with Gasteiger partial charge in [-0.15, -0.1) is 0 Å². The van der Waals surface area contributed by atoms with Gasteiger partial charge in [-0.25, -0.2) is 13.0 Å². The summed E-state index contributed by atoms with van der Waals surface area (Å²) in [6.07, 6.45) is 1.67. The largest absolute Gasteiger partial charge is 0.244 e. The Morgan fingerprint density at radius 2 is 1.67 bits per heavy atom. The third kappa shape index (κ3) is 18.8. The van der Waals surface area contributed by atoms with Crippen molar-refractivity contribution in [2.45, 2.75) is 0 Å². The summed E-state index contributed by atoms with van der Waals surface area (Å²) in [7, 11) is 0. The molecule has 0 aromatic carbocycles. The number of rotatable bonds is 0. The second-order valence-electron chi connectivity index (χ2n) is 0.362. The Labute approximate surface area is 64.1 Å². The standard InChI is InChI=1S/C3H4Br.BrH.Pd/c1-2-3-4;;/h2-3H,1H2;1H;/q-1;;+2/p-1. The molecule has 0 unspecified atom stereocenters. The molecule has 0 heterocycles. The molecular formula is C3H4Br2Pd. The smallest absolute Gasteiger partial charge is 0.167 e. The Bertz CT molecular complexity index is 24.0. The van der Waals surface area contributed by atoms with Crippen molar-refractivity contribution in [3.05, 3.63) is 18.0 Å². The summed E-state index contributed by atoms with van der Waals surface area (Å²) in [5.41, 5.74) is 0. The monoisotopic (exact) mass is 304 g/mol. The number of hydrogen-bond acceptors (Lipinski definition) is 0. The quantitative estimate of drug-likeness (QED) is 0.477. The van der Waals surface area contributed by atoms with Gasteiger partial charge >= 0.3 is 30.6 Å². The van der Waals surface area contributed by atoms with E-state index in [1.54, 1.807) is 11.1 Å². The molecule has 40 valence electrons. The number of hydrogen-bond donors (Lipinski definition) is 0. The minimum absolute atomic E-state index is 1.67. The second kappa shape index (κ2) is 16.3. The van der Waals surface area contributed by atoms with Crippen molar-refractivity contribution in [1.82, 2.24) is 0 Å². The van der Waals surface area contributed by atoms with Gasteiger partial charge in [0.1, 0.15) is 0 Å². The van der Waals surface area contributed by atoms with Crippen molar-refractivity contribution < 1.29 is 17.2 Å². The third-order valence-electron chi connectivity index (χ3n) is 0.0891. The Hall–Kier alpha value is 1.23. The van der Waals surface area contributed by atoms with Gasteiger partial charge in [0.25, 0.3) is 0 Å².